The highest BCUT2D eigenvalue weighted by Crippen LogP contribution is 2.40. The number of aliphatic hydroxyl groups excluding tert-OH is 1. The van der Waals surface area contributed by atoms with E-state index in [-0.39, 0.29) is 29.4 Å². The molecular weight excluding hydrogens is 210 g/mol. The molecule has 3 atom stereocenters. The number of aliphatic hydroxyl groups is 1. The van der Waals surface area contributed by atoms with Gasteiger partial charge in [-0.1, -0.05) is 13.8 Å². The maximum Gasteiger partial charge on any atom is 0.224 e. The van der Waals surface area contributed by atoms with E-state index in [1.807, 2.05) is 25.6 Å². The molecule has 15 heavy (non-hydrogen) atoms. The lowest BCUT2D eigenvalue weighted by Crippen LogP contribution is -2.61. The normalized spacial score (nSPS) is 38.5. The van der Waals surface area contributed by atoms with Crippen molar-refractivity contribution in [3.05, 3.63) is 0 Å². The number of rotatable bonds is 2. The van der Waals surface area contributed by atoms with Crippen LogP contribution in [0.2, 0.25) is 0 Å². The Morgan fingerprint density at radius 3 is 2.73 bits per heavy atom. The van der Waals surface area contributed by atoms with Crippen molar-refractivity contribution in [2.45, 2.75) is 38.8 Å². The van der Waals surface area contributed by atoms with Crippen molar-refractivity contribution in [3.8, 4) is 0 Å². The molecule has 1 amide bonds. The molecule has 86 valence electrons. The van der Waals surface area contributed by atoms with Crippen LogP contribution in [0.5, 0.6) is 0 Å². The number of hydrogen-bond acceptors (Lipinski definition) is 3. The summed E-state index contributed by atoms with van der Waals surface area (Å²) in [5, 5.41) is 12.6. The smallest absolute Gasteiger partial charge is 0.224 e. The Balaban J connectivity index is 1.85. The molecule has 0 bridgehead atoms. The summed E-state index contributed by atoms with van der Waals surface area (Å²) in [5.74, 6) is 2.45. The molecule has 0 aromatic heterocycles. The third-order valence-electron chi connectivity index (χ3n) is 3.83. The number of hydrogen-bond donors (Lipinski definition) is 2. The minimum Gasteiger partial charge on any atom is -0.392 e. The zero-order valence-electron chi connectivity index (χ0n) is 9.32. The summed E-state index contributed by atoms with van der Waals surface area (Å²) in [6.07, 6.45) is 1.45. The molecule has 3 unspecified atom stereocenters. The summed E-state index contributed by atoms with van der Waals surface area (Å²) in [7, 11) is 0. The maximum absolute atomic E-state index is 11.8. The number of carbonyl (C=O) groups excluding carboxylic acids is 1. The van der Waals surface area contributed by atoms with Crippen molar-refractivity contribution in [1.82, 2.24) is 5.32 Å². The van der Waals surface area contributed by atoms with Crippen LogP contribution in [0.1, 0.15) is 26.7 Å². The van der Waals surface area contributed by atoms with Gasteiger partial charge in [-0.15, -0.1) is 0 Å². The highest BCUT2D eigenvalue weighted by Gasteiger charge is 2.48. The van der Waals surface area contributed by atoms with Crippen molar-refractivity contribution in [2.24, 2.45) is 11.3 Å². The number of amides is 1. The van der Waals surface area contributed by atoms with E-state index in [1.54, 1.807) is 0 Å². The van der Waals surface area contributed by atoms with E-state index >= 15 is 0 Å². The molecule has 1 aliphatic heterocycles. The van der Waals surface area contributed by atoms with Crippen LogP contribution in [0.4, 0.5) is 0 Å². The first-order valence-corrected chi connectivity index (χ1v) is 6.73. The molecule has 1 aliphatic carbocycles. The summed E-state index contributed by atoms with van der Waals surface area (Å²) < 4.78 is 0. The predicted octanol–water partition coefficient (Wildman–Crippen LogP) is 1.02. The van der Waals surface area contributed by atoms with Gasteiger partial charge in [0.15, 0.2) is 0 Å². The Bertz CT molecular complexity index is 261. The van der Waals surface area contributed by atoms with E-state index in [0.717, 1.165) is 17.9 Å². The Kier molecular flexibility index (Phi) is 2.99. The van der Waals surface area contributed by atoms with Crippen LogP contribution in [-0.4, -0.2) is 34.7 Å². The van der Waals surface area contributed by atoms with Gasteiger partial charge in [0.1, 0.15) is 0 Å². The first kappa shape index (κ1) is 11.3. The molecule has 2 aliphatic rings. The van der Waals surface area contributed by atoms with Crippen LogP contribution in [0.25, 0.3) is 0 Å². The second kappa shape index (κ2) is 3.98. The second-order valence-corrected chi connectivity index (χ2v) is 6.34. The standard InChI is InChI=1S/C11H19NO2S/c1-11(2)8(5-9(11)13)12-10(14)7-3-4-15-6-7/h7-9,13H,3-6H2,1-2H3,(H,12,14). The Morgan fingerprint density at radius 1 is 1.53 bits per heavy atom. The highest BCUT2D eigenvalue weighted by molar-refractivity contribution is 7.99. The molecule has 0 aromatic carbocycles. The molecule has 1 heterocycles. The Hall–Kier alpha value is -0.220. The molecule has 3 nitrogen and oxygen atoms in total. The second-order valence-electron chi connectivity index (χ2n) is 5.19. The van der Waals surface area contributed by atoms with Crippen LogP contribution < -0.4 is 5.32 Å². The first-order chi connectivity index (χ1) is 7.01. The summed E-state index contributed by atoms with van der Waals surface area (Å²) >= 11 is 1.85. The van der Waals surface area contributed by atoms with E-state index in [0.29, 0.717) is 6.42 Å². The van der Waals surface area contributed by atoms with Crippen molar-refractivity contribution >= 4 is 17.7 Å². The lowest BCUT2D eigenvalue weighted by atomic mass is 9.64. The van der Waals surface area contributed by atoms with Gasteiger partial charge < -0.3 is 10.4 Å². The van der Waals surface area contributed by atoms with E-state index in [2.05, 4.69) is 5.32 Å². The molecule has 2 fully saturated rings. The highest BCUT2D eigenvalue weighted by atomic mass is 32.2. The van der Waals surface area contributed by atoms with Gasteiger partial charge in [0, 0.05) is 23.1 Å². The SMILES string of the molecule is CC1(C)C(O)CC1NC(=O)C1CCSC1. The summed E-state index contributed by atoms with van der Waals surface area (Å²) in [6.45, 7) is 4.02. The molecule has 4 heteroatoms. The van der Waals surface area contributed by atoms with Crippen LogP contribution >= 0.6 is 11.8 Å². The topological polar surface area (TPSA) is 49.3 Å². The molecule has 2 N–H and O–H groups in total. The van der Waals surface area contributed by atoms with Gasteiger partial charge in [-0.05, 0) is 18.6 Å². The fraction of sp³-hybridized carbons (Fsp3) is 0.909. The number of nitrogens with one attached hydrogen (secondary N) is 1. The fourth-order valence-electron chi connectivity index (χ4n) is 2.18. The van der Waals surface area contributed by atoms with Gasteiger partial charge in [-0.3, -0.25) is 4.79 Å². The number of carbonyl (C=O) groups is 1. The molecule has 2 rings (SSSR count). The molecular formula is C11H19NO2S. The average molecular weight is 229 g/mol. The largest absolute Gasteiger partial charge is 0.392 e. The zero-order chi connectivity index (χ0) is 11.1. The van der Waals surface area contributed by atoms with Crippen molar-refractivity contribution in [1.29, 1.82) is 0 Å². The summed E-state index contributed by atoms with van der Waals surface area (Å²) in [4.78, 5) is 11.8. The molecule has 1 saturated carbocycles. The Morgan fingerprint density at radius 2 is 2.27 bits per heavy atom. The van der Waals surface area contributed by atoms with Gasteiger partial charge in [-0.25, -0.2) is 0 Å². The first-order valence-electron chi connectivity index (χ1n) is 5.58. The third-order valence-corrected chi connectivity index (χ3v) is 5.00. The van der Waals surface area contributed by atoms with Gasteiger partial charge >= 0.3 is 0 Å². The molecule has 0 radical (unpaired) electrons. The minimum absolute atomic E-state index is 0.151. The molecule has 0 spiro atoms. The maximum atomic E-state index is 11.8. The quantitative estimate of drug-likeness (QED) is 0.743. The fourth-order valence-corrected chi connectivity index (χ4v) is 3.40. The lowest BCUT2D eigenvalue weighted by molar-refractivity contribution is -0.132. The molecule has 0 aromatic rings. The predicted molar refractivity (Wildman–Crippen MR) is 61.8 cm³/mol. The Labute approximate surface area is 95.0 Å². The minimum atomic E-state index is -0.263. The van der Waals surface area contributed by atoms with Gasteiger partial charge in [0.05, 0.1) is 6.10 Å². The van der Waals surface area contributed by atoms with E-state index in [4.69, 9.17) is 0 Å². The van der Waals surface area contributed by atoms with Crippen molar-refractivity contribution in [2.75, 3.05) is 11.5 Å². The van der Waals surface area contributed by atoms with Gasteiger partial charge in [-0.2, -0.15) is 11.8 Å². The summed E-state index contributed by atoms with van der Waals surface area (Å²) in [6, 6.07) is 0.158. The van der Waals surface area contributed by atoms with Gasteiger partial charge in [0.25, 0.3) is 0 Å². The lowest BCUT2D eigenvalue weighted by Gasteiger charge is -2.49. The monoisotopic (exact) mass is 229 g/mol. The van der Waals surface area contributed by atoms with Crippen LogP contribution in [0.15, 0.2) is 0 Å². The van der Waals surface area contributed by atoms with Gasteiger partial charge in [0.2, 0.25) is 5.91 Å². The van der Waals surface area contributed by atoms with Crippen LogP contribution in [0.3, 0.4) is 0 Å². The molecule has 1 saturated heterocycles. The van der Waals surface area contributed by atoms with Crippen LogP contribution in [0, 0.1) is 11.3 Å². The van der Waals surface area contributed by atoms with E-state index < -0.39 is 0 Å². The summed E-state index contributed by atoms with van der Waals surface area (Å²) in [5.41, 5.74) is -0.151. The number of thioether (sulfide) groups is 1. The van der Waals surface area contributed by atoms with Crippen LogP contribution in [-0.2, 0) is 4.79 Å². The average Bonchev–Trinajstić information content (AvgIpc) is 2.70. The third kappa shape index (κ3) is 2.02. The van der Waals surface area contributed by atoms with Crippen molar-refractivity contribution in [3.63, 3.8) is 0 Å². The zero-order valence-corrected chi connectivity index (χ0v) is 10.1. The van der Waals surface area contributed by atoms with E-state index in [9.17, 15) is 9.90 Å². The van der Waals surface area contributed by atoms with E-state index in [1.165, 1.54) is 0 Å². The van der Waals surface area contributed by atoms with Crippen molar-refractivity contribution < 1.29 is 9.90 Å².